The number of halogens is 2. The number of sulfone groups is 2. The van der Waals surface area contributed by atoms with Crippen LogP contribution in [0.15, 0.2) is 46.2 Å². The second-order valence-electron chi connectivity index (χ2n) is 9.99. The highest BCUT2D eigenvalue weighted by molar-refractivity contribution is 7.91. The largest absolute Gasteiger partial charge is 0.298 e. The van der Waals surface area contributed by atoms with Gasteiger partial charge in [-0.3, -0.25) is 28.8 Å². The molecule has 224 valence electrons. The Morgan fingerprint density at radius 3 is 1.12 bits per heavy atom. The summed E-state index contributed by atoms with van der Waals surface area (Å²) in [5.74, 6) is -5.54. The summed E-state index contributed by atoms with van der Waals surface area (Å²) in [5.41, 5.74) is -0.00432. The lowest BCUT2D eigenvalue weighted by atomic mass is 9.82. The first-order valence-corrected chi connectivity index (χ1v) is 17.2. The highest BCUT2D eigenvalue weighted by atomic mass is 35.5. The molecule has 0 unspecified atom stereocenters. The van der Waals surface area contributed by atoms with Gasteiger partial charge in [-0.2, -0.15) is 0 Å². The fourth-order valence-corrected chi connectivity index (χ4v) is 6.53. The van der Waals surface area contributed by atoms with E-state index in [4.69, 9.17) is 23.2 Å². The normalized spacial score (nSPS) is 17.0. The molecule has 0 aliphatic heterocycles. The Morgan fingerprint density at radius 1 is 0.595 bits per heavy atom. The Kier molecular flexibility index (Phi) is 10.4. The third kappa shape index (κ3) is 7.66. The molecule has 2 aliphatic rings. The molecule has 2 fully saturated rings. The maximum Gasteiger partial charge on any atom is 0.182 e. The average Bonchev–Trinajstić information content (AvgIpc) is 2.87. The van der Waals surface area contributed by atoms with Crippen LogP contribution >= 0.6 is 23.2 Å². The number of rotatable bonds is 6. The van der Waals surface area contributed by atoms with E-state index in [-0.39, 0.29) is 56.6 Å². The van der Waals surface area contributed by atoms with E-state index in [0.29, 0.717) is 12.8 Å². The van der Waals surface area contributed by atoms with Crippen molar-refractivity contribution in [3.05, 3.63) is 57.6 Å². The van der Waals surface area contributed by atoms with E-state index in [9.17, 15) is 45.6 Å². The van der Waals surface area contributed by atoms with Crippen molar-refractivity contribution in [2.45, 2.75) is 48.3 Å². The smallest absolute Gasteiger partial charge is 0.182 e. The molecule has 0 spiro atoms. The van der Waals surface area contributed by atoms with Gasteiger partial charge in [0.15, 0.2) is 54.4 Å². The van der Waals surface area contributed by atoms with Gasteiger partial charge < -0.3 is 0 Å². The SMILES string of the molecule is CS(=O)(=O)c1ccc(C(=O)C2C(=O)CCCC2=O)c(Cl)c1.CS(=O)(=O)c1ccc(C(=O)C2C(=O)CCCC2=O)c(Cl)c1. The third-order valence-electron chi connectivity index (χ3n) is 6.77. The van der Waals surface area contributed by atoms with Crippen molar-refractivity contribution < 1.29 is 45.6 Å². The number of ketones is 6. The molecule has 0 atom stereocenters. The summed E-state index contributed by atoms with van der Waals surface area (Å²) in [4.78, 5) is 71.7. The van der Waals surface area contributed by atoms with Crippen molar-refractivity contribution in [1.29, 1.82) is 0 Å². The summed E-state index contributed by atoms with van der Waals surface area (Å²) in [6.07, 6.45) is 3.75. The minimum Gasteiger partial charge on any atom is -0.298 e. The van der Waals surface area contributed by atoms with Crippen LogP contribution in [0.1, 0.15) is 59.2 Å². The topological polar surface area (TPSA) is 171 Å². The fourth-order valence-electron chi connectivity index (χ4n) is 4.56. The number of carbonyl (C=O) groups is 6. The monoisotopic (exact) mass is 656 g/mol. The average molecular weight is 658 g/mol. The van der Waals surface area contributed by atoms with Crippen molar-refractivity contribution in [2.24, 2.45) is 11.8 Å². The number of Topliss-reactive ketones (excluding diaryl/α,β-unsaturated/α-hetero) is 6. The summed E-state index contributed by atoms with van der Waals surface area (Å²) >= 11 is 11.9. The number of benzene rings is 2. The van der Waals surface area contributed by atoms with E-state index in [2.05, 4.69) is 0 Å². The van der Waals surface area contributed by atoms with Crippen LogP contribution in [0, 0.1) is 11.8 Å². The third-order valence-corrected chi connectivity index (χ3v) is 9.62. The van der Waals surface area contributed by atoms with Gasteiger partial charge in [0.25, 0.3) is 0 Å². The van der Waals surface area contributed by atoms with Gasteiger partial charge in [-0.05, 0) is 49.2 Å². The maximum absolute atomic E-state index is 12.3. The van der Waals surface area contributed by atoms with E-state index in [0.717, 1.165) is 24.6 Å². The van der Waals surface area contributed by atoms with Gasteiger partial charge in [0, 0.05) is 49.3 Å². The van der Waals surface area contributed by atoms with E-state index in [1.807, 2.05) is 0 Å². The highest BCUT2D eigenvalue weighted by Gasteiger charge is 2.38. The second-order valence-corrected chi connectivity index (χ2v) is 14.8. The molecular formula is C28H26Cl2O10S2. The van der Waals surface area contributed by atoms with Gasteiger partial charge >= 0.3 is 0 Å². The van der Waals surface area contributed by atoms with Crippen LogP contribution in [-0.2, 0) is 38.9 Å². The van der Waals surface area contributed by atoms with Gasteiger partial charge in [-0.1, -0.05) is 23.2 Å². The molecule has 0 N–H and O–H groups in total. The van der Waals surface area contributed by atoms with Gasteiger partial charge in [-0.25, -0.2) is 16.8 Å². The Bertz CT molecular complexity index is 1570. The molecule has 0 aromatic heterocycles. The Labute approximate surface area is 252 Å². The van der Waals surface area contributed by atoms with Gasteiger partial charge in [0.1, 0.15) is 11.8 Å². The minimum absolute atomic E-state index is 0.00216. The molecule has 4 rings (SSSR count). The highest BCUT2D eigenvalue weighted by Crippen LogP contribution is 2.29. The minimum atomic E-state index is -3.44. The molecule has 0 amide bonds. The predicted molar refractivity (Wildman–Crippen MR) is 152 cm³/mol. The van der Waals surface area contributed by atoms with Crippen LogP contribution in [0.4, 0.5) is 0 Å². The zero-order valence-electron chi connectivity index (χ0n) is 22.5. The first-order valence-electron chi connectivity index (χ1n) is 12.6. The number of carbonyl (C=O) groups excluding carboxylic acids is 6. The molecule has 10 nitrogen and oxygen atoms in total. The molecule has 2 saturated carbocycles. The van der Waals surface area contributed by atoms with E-state index >= 15 is 0 Å². The Hall–Kier alpha value is -3.06. The molecular weight excluding hydrogens is 631 g/mol. The summed E-state index contributed by atoms with van der Waals surface area (Å²) in [6.45, 7) is 0. The molecule has 0 saturated heterocycles. The van der Waals surface area contributed by atoms with Crippen LogP contribution < -0.4 is 0 Å². The molecule has 14 heteroatoms. The zero-order valence-corrected chi connectivity index (χ0v) is 25.7. The summed E-state index contributed by atoms with van der Waals surface area (Å²) in [6, 6.07) is 7.29. The number of hydrogen-bond acceptors (Lipinski definition) is 10. The second kappa shape index (κ2) is 13.1. The van der Waals surface area contributed by atoms with Gasteiger partial charge in [-0.15, -0.1) is 0 Å². The standard InChI is InChI=1S/2C14H13ClO5S/c2*1-21(19,20)8-5-6-9(10(15)7-8)14(18)13-11(16)3-2-4-12(13)17/h2*5-7,13H,2-4H2,1H3. The van der Waals surface area contributed by atoms with E-state index in [1.54, 1.807) is 0 Å². The van der Waals surface area contributed by atoms with Crippen molar-refractivity contribution >= 4 is 77.6 Å². The Morgan fingerprint density at radius 2 is 0.881 bits per heavy atom. The van der Waals surface area contributed by atoms with E-state index in [1.165, 1.54) is 24.3 Å². The molecule has 2 aromatic rings. The maximum atomic E-state index is 12.3. The lowest BCUT2D eigenvalue weighted by molar-refractivity contribution is -0.135. The van der Waals surface area contributed by atoms with Crippen LogP contribution in [0.2, 0.25) is 10.0 Å². The number of hydrogen-bond donors (Lipinski definition) is 0. The lowest BCUT2D eigenvalue weighted by Crippen LogP contribution is -2.35. The molecule has 2 aliphatic carbocycles. The predicted octanol–water partition coefficient (Wildman–Crippen LogP) is 3.73. The summed E-state index contributed by atoms with van der Waals surface area (Å²) in [5, 5.41) is -0.150. The summed E-state index contributed by atoms with van der Waals surface area (Å²) in [7, 11) is -6.89. The van der Waals surface area contributed by atoms with Crippen LogP contribution in [0.5, 0.6) is 0 Å². The molecule has 0 bridgehead atoms. The molecule has 0 heterocycles. The first kappa shape index (κ1) is 33.4. The Balaban J connectivity index is 0.000000230. The lowest BCUT2D eigenvalue weighted by Gasteiger charge is -2.18. The van der Waals surface area contributed by atoms with Crippen molar-refractivity contribution in [3.63, 3.8) is 0 Å². The van der Waals surface area contributed by atoms with Crippen molar-refractivity contribution in [2.75, 3.05) is 12.5 Å². The van der Waals surface area contributed by atoms with Crippen molar-refractivity contribution in [3.8, 4) is 0 Å². The van der Waals surface area contributed by atoms with Crippen LogP contribution in [0.25, 0.3) is 0 Å². The molecule has 42 heavy (non-hydrogen) atoms. The first-order chi connectivity index (χ1) is 19.4. The summed E-state index contributed by atoms with van der Waals surface area (Å²) < 4.78 is 45.7. The van der Waals surface area contributed by atoms with Crippen molar-refractivity contribution in [1.82, 2.24) is 0 Å². The van der Waals surface area contributed by atoms with E-state index < -0.39 is 66.2 Å². The van der Waals surface area contributed by atoms with Crippen LogP contribution in [-0.4, -0.2) is 64.0 Å². The van der Waals surface area contributed by atoms with Gasteiger partial charge in [0.2, 0.25) is 0 Å². The zero-order chi connectivity index (χ0) is 31.6. The fraction of sp³-hybridized carbons (Fsp3) is 0.357. The quantitative estimate of drug-likeness (QED) is 0.329. The van der Waals surface area contributed by atoms with Crippen LogP contribution in [0.3, 0.4) is 0 Å². The van der Waals surface area contributed by atoms with Gasteiger partial charge in [0.05, 0.1) is 19.8 Å². The molecule has 2 aromatic carbocycles. The molecule has 0 radical (unpaired) electrons.